The maximum Gasteiger partial charge on any atom is 0.243 e. The second-order valence-corrected chi connectivity index (χ2v) is 9.86. The number of carbonyl (C=O) groups excluding carboxylic acids is 1. The van der Waals surface area contributed by atoms with Crippen molar-refractivity contribution in [3.63, 3.8) is 0 Å². The zero-order valence-corrected chi connectivity index (χ0v) is 17.4. The third kappa shape index (κ3) is 2.37. The molecule has 3 atom stereocenters. The van der Waals surface area contributed by atoms with Crippen LogP contribution < -0.4 is 0 Å². The van der Waals surface area contributed by atoms with Gasteiger partial charge in [-0.3, -0.25) is 14.8 Å². The summed E-state index contributed by atoms with van der Waals surface area (Å²) in [7, 11) is 0. The van der Waals surface area contributed by atoms with E-state index in [-0.39, 0.29) is 5.54 Å². The van der Waals surface area contributed by atoms with Crippen molar-refractivity contribution in [2.75, 3.05) is 13.1 Å². The van der Waals surface area contributed by atoms with Crippen LogP contribution in [0.4, 0.5) is 0 Å². The average molecular weight is 391 g/mol. The number of amides is 1. The lowest BCUT2D eigenvalue weighted by molar-refractivity contribution is -0.138. The van der Waals surface area contributed by atoms with Crippen LogP contribution in [0.25, 0.3) is 0 Å². The predicted octanol–water partition coefficient (Wildman–Crippen LogP) is 3.44. The Balaban J connectivity index is 1.28. The summed E-state index contributed by atoms with van der Waals surface area (Å²) in [6.07, 6.45) is 5.26. The van der Waals surface area contributed by atoms with Gasteiger partial charge in [-0.05, 0) is 61.8 Å². The number of likely N-dealkylation sites (tertiary alicyclic amines) is 1. The molecule has 1 spiro atoms. The SMILES string of the molecule is CC(C)c1cc([C@@H]2C[C@H]3CN(C4Cc5ccccc5C4)C(=O)[C@]34CCCN24)[nH]n1. The van der Waals surface area contributed by atoms with Gasteiger partial charge in [0.05, 0.1) is 17.4 Å². The van der Waals surface area contributed by atoms with E-state index >= 15 is 0 Å². The van der Waals surface area contributed by atoms with E-state index in [0.29, 0.717) is 29.8 Å². The molecular weight excluding hydrogens is 360 g/mol. The van der Waals surface area contributed by atoms with E-state index in [0.717, 1.165) is 50.9 Å². The zero-order valence-electron chi connectivity index (χ0n) is 17.4. The van der Waals surface area contributed by atoms with Gasteiger partial charge in [-0.2, -0.15) is 5.10 Å². The number of rotatable bonds is 3. The fourth-order valence-electron chi connectivity index (χ4n) is 6.71. The van der Waals surface area contributed by atoms with Crippen LogP contribution in [0.15, 0.2) is 30.3 Å². The molecule has 3 fully saturated rings. The van der Waals surface area contributed by atoms with Gasteiger partial charge in [0.25, 0.3) is 0 Å². The molecule has 5 heteroatoms. The lowest BCUT2D eigenvalue weighted by atomic mass is 9.85. The molecule has 1 aromatic heterocycles. The van der Waals surface area contributed by atoms with Crippen LogP contribution in [0.2, 0.25) is 0 Å². The number of aromatic amines is 1. The van der Waals surface area contributed by atoms with Crippen molar-refractivity contribution in [3.05, 3.63) is 52.8 Å². The van der Waals surface area contributed by atoms with Crippen LogP contribution in [0.1, 0.15) is 67.6 Å². The number of benzene rings is 1. The zero-order chi connectivity index (χ0) is 19.8. The molecule has 0 unspecified atom stereocenters. The number of aromatic nitrogens is 2. The smallest absolute Gasteiger partial charge is 0.243 e. The summed E-state index contributed by atoms with van der Waals surface area (Å²) < 4.78 is 0. The Morgan fingerprint density at radius 1 is 1.21 bits per heavy atom. The molecule has 6 rings (SSSR count). The number of nitrogens with one attached hydrogen (secondary N) is 1. The topological polar surface area (TPSA) is 52.2 Å². The van der Waals surface area contributed by atoms with E-state index in [2.05, 4.69) is 64.2 Å². The Morgan fingerprint density at radius 3 is 2.66 bits per heavy atom. The van der Waals surface area contributed by atoms with Gasteiger partial charge >= 0.3 is 0 Å². The van der Waals surface area contributed by atoms with Gasteiger partial charge in [0.2, 0.25) is 5.91 Å². The third-order valence-corrected chi connectivity index (χ3v) is 8.12. The first-order valence-electron chi connectivity index (χ1n) is 11.3. The molecular formula is C24H30N4O. The maximum absolute atomic E-state index is 13.9. The number of hydrogen-bond acceptors (Lipinski definition) is 3. The van der Waals surface area contributed by atoms with Gasteiger partial charge in [0.15, 0.2) is 0 Å². The van der Waals surface area contributed by atoms with E-state index in [1.807, 2.05) is 0 Å². The quantitative estimate of drug-likeness (QED) is 0.874. The Morgan fingerprint density at radius 2 is 1.97 bits per heavy atom. The van der Waals surface area contributed by atoms with Crippen molar-refractivity contribution in [2.45, 2.75) is 69.5 Å². The number of nitrogens with zero attached hydrogens (tertiary/aromatic N) is 3. The molecule has 1 aromatic carbocycles. The molecule has 5 nitrogen and oxygen atoms in total. The Hall–Kier alpha value is -2.14. The van der Waals surface area contributed by atoms with Gasteiger partial charge < -0.3 is 4.90 Å². The van der Waals surface area contributed by atoms with Gasteiger partial charge in [-0.25, -0.2) is 0 Å². The van der Waals surface area contributed by atoms with Crippen LogP contribution in [0, 0.1) is 5.92 Å². The van der Waals surface area contributed by atoms with Gasteiger partial charge in [-0.15, -0.1) is 0 Å². The molecule has 1 N–H and O–H groups in total. The Labute approximate surface area is 172 Å². The largest absolute Gasteiger partial charge is 0.337 e. The Bertz CT molecular complexity index is 940. The first kappa shape index (κ1) is 17.7. The fraction of sp³-hybridized carbons (Fsp3) is 0.583. The van der Waals surface area contributed by atoms with Crippen LogP contribution in [-0.2, 0) is 17.6 Å². The number of H-pyrrole nitrogens is 1. The summed E-state index contributed by atoms with van der Waals surface area (Å²) in [6, 6.07) is 11.6. The highest BCUT2D eigenvalue weighted by Gasteiger charge is 2.66. The highest BCUT2D eigenvalue weighted by molar-refractivity contribution is 5.90. The van der Waals surface area contributed by atoms with Crippen molar-refractivity contribution in [1.29, 1.82) is 0 Å². The molecule has 1 amide bonds. The highest BCUT2D eigenvalue weighted by Crippen LogP contribution is 2.56. The van der Waals surface area contributed by atoms with Crippen molar-refractivity contribution in [3.8, 4) is 0 Å². The first-order valence-corrected chi connectivity index (χ1v) is 11.3. The minimum absolute atomic E-state index is 0.261. The van der Waals surface area contributed by atoms with Crippen molar-refractivity contribution in [1.82, 2.24) is 20.0 Å². The van der Waals surface area contributed by atoms with E-state index in [4.69, 9.17) is 0 Å². The molecule has 4 aliphatic rings. The molecule has 3 saturated heterocycles. The number of carbonyl (C=O) groups is 1. The third-order valence-electron chi connectivity index (χ3n) is 8.12. The van der Waals surface area contributed by atoms with Gasteiger partial charge in [-0.1, -0.05) is 38.1 Å². The Kier molecular flexibility index (Phi) is 3.77. The van der Waals surface area contributed by atoms with Crippen LogP contribution in [0.3, 0.4) is 0 Å². The number of fused-ring (bicyclic) bond motifs is 1. The van der Waals surface area contributed by atoms with Gasteiger partial charge in [0, 0.05) is 18.5 Å². The normalized spacial score (nSPS) is 31.7. The molecule has 1 aliphatic carbocycles. The highest BCUT2D eigenvalue weighted by atomic mass is 16.2. The van der Waals surface area contributed by atoms with Gasteiger partial charge in [0.1, 0.15) is 5.54 Å². The van der Waals surface area contributed by atoms with Crippen molar-refractivity contribution >= 4 is 5.91 Å². The van der Waals surface area contributed by atoms with Crippen molar-refractivity contribution < 1.29 is 4.79 Å². The molecule has 0 bridgehead atoms. The number of hydrogen-bond donors (Lipinski definition) is 1. The average Bonchev–Trinajstić information content (AvgIpc) is 3.49. The molecule has 0 radical (unpaired) electrons. The maximum atomic E-state index is 13.9. The second kappa shape index (κ2) is 6.18. The molecule has 3 aliphatic heterocycles. The van der Waals surface area contributed by atoms with Crippen LogP contribution in [0.5, 0.6) is 0 Å². The molecule has 29 heavy (non-hydrogen) atoms. The minimum Gasteiger partial charge on any atom is -0.337 e. The summed E-state index contributed by atoms with van der Waals surface area (Å²) in [4.78, 5) is 18.7. The summed E-state index contributed by atoms with van der Waals surface area (Å²) in [5.41, 5.74) is 4.93. The van der Waals surface area contributed by atoms with E-state index in [9.17, 15) is 4.79 Å². The summed E-state index contributed by atoms with van der Waals surface area (Å²) >= 11 is 0. The summed E-state index contributed by atoms with van der Waals surface area (Å²) in [6.45, 7) is 6.32. The predicted molar refractivity (Wildman–Crippen MR) is 112 cm³/mol. The molecule has 2 aromatic rings. The lowest BCUT2D eigenvalue weighted by Gasteiger charge is -2.34. The summed E-state index contributed by atoms with van der Waals surface area (Å²) in [5.74, 6) is 1.27. The first-order chi connectivity index (χ1) is 14.1. The van der Waals surface area contributed by atoms with E-state index in [1.54, 1.807) is 0 Å². The van der Waals surface area contributed by atoms with Crippen molar-refractivity contribution in [2.24, 2.45) is 5.92 Å². The van der Waals surface area contributed by atoms with Crippen LogP contribution >= 0.6 is 0 Å². The monoisotopic (exact) mass is 390 g/mol. The summed E-state index contributed by atoms with van der Waals surface area (Å²) in [5, 5.41) is 7.84. The molecule has 4 heterocycles. The molecule has 0 saturated carbocycles. The second-order valence-electron chi connectivity index (χ2n) is 9.86. The minimum atomic E-state index is -0.261. The standard InChI is InChI=1S/C24H30N4O/c1-15(2)20-13-21(26-25-20)22-12-18-14-27(23(29)24(18)8-5-9-28(22)24)19-10-16-6-3-4-7-17(16)11-19/h3-4,6-7,13,15,18-19,22H,5,8-12,14H2,1-2H3,(H,25,26)/t18-,22-,24-/m0/s1. The molecule has 152 valence electrons. The fourth-order valence-corrected chi connectivity index (χ4v) is 6.71. The van der Waals surface area contributed by atoms with Crippen LogP contribution in [-0.4, -0.2) is 50.6 Å². The van der Waals surface area contributed by atoms with E-state index in [1.165, 1.54) is 16.8 Å². The van der Waals surface area contributed by atoms with E-state index < -0.39 is 0 Å². The lowest BCUT2D eigenvalue weighted by Crippen LogP contribution is -2.51.